The fraction of sp³-hybridized carbons (Fsp3) is 0.364. The lowest BCUT2D eigenvalue weighted by Gasteiger charge is -2.05. The summed E-state index contributed by atoms with van der Waals surface area (Å²) >= 11 is 1.53. The number of hydrogen-bond acceptors (Lipinski definition) is 4. The molecule has 0 heterocycles. The van der Waals surface area contributed by atoms with Crippen molar-refractivity contribution in [2.75, 3.05) is 17.8 Å². The van der Waals surface area contributed by atoms with E-state index in [1.165, 1.54) is 11.8 Å². The van der Waals surface area contributed by atoms with Crippen LogP contribution in [0.1, 0.15) is 16.8 Å². The molecule has 0 aliphatic heterocycles. The molecule has 0 bridgehead atoms. The molecule has 0 saturated carbocycles. The molecule has 0 amide bonds. The summed E-state index contributed by atoms with van der Waals surface area (Å²) in [5.74, 6) is -1.79. The molecule has 0 spiro atoms. The SMILES string of the molecule is CSCCCS(=O)(=O)c1ccc(F)c(C(=O)O)c1. The molecule has 0 aliphatic rings. The van der Waals surface area contributed by atoms with E-state index in [-0.39, 0.29) is 10.6 Å². The number of sulfone groups is 1. The van der Waals surface area contributed by atoms with E-state index in [2.05, 4.69) is 0 Å². The Balaban J connectivity index is 3.02. The zero-order valence-corrected chi connectivity index (χ0v) is 11.4. The minimum Gasteiger partial charge on any atom is -0.478 e. The third-order valence-electron chi connectivity index (χ3n) is 2.29. The van der Waals surface area contributed by atoms with Gasteiger partial charge in [-0.25, -0.2) is 17.6 Å². The van der Waals surface area contributed by atoms with Gasteiger partial charge in [0, 0.05) is 0 Å². The van der Waals surface area contributed by atoms with Crippen molar-refractivity contribution in [3.05, 3.63) is 29.6 Å². The molecule has 0 unspecified atom stereocenters. The summed E-state index contributed by atoms with van der Waals surface area (Å²) in [5.41, 5.74) is -0.624. The second-order valence-electron chi connectivity index (χ2n) is 3.61. The van der Waals surface area contributed by atoms with Gasteiger partial charge in [0.05, 0.1) is 16.2 Å². The van der Waals surface area contributed by atoms with E-state index in [0.29, 0.717) is 12.2 Å². The van der Waals surface area contributed by atoms with Crippen LogP contribution in [0.5, 0.6) is 0 Å². The van der Waals surface area contributed by atoms with Crippen molar-refractivity contribution in [2.45, 2.75) is 11.3 Å². The van der Waals surface area contributed by atoms with E-state index >= 15 is 0 Å². The predicted octanol–water partition coefficient (Wildman–Crippen LogP) is 2.05. The number of hydrogen-bond donors (Lipinski definition) is 1. The number of carbonyl (C=O) groups is 1. The van der Waals surface area contributed by atoms with Gasteiger partial charge in [-0.3, -0.25) is 0 Å². The van der Waals surface area contributed by atoms with Crippen LogP contribution in [0, 0.1) is 5.82 Å². The molecule has 7 heteroatoms. The second-order valence-corrected chi connectivity index (χ2v) is 6.71. The summed E-state index contributed by atoms with van der Waals surface area (Å²) in [7, 11) is -3.55. The van der Waals surface area contributed by atoms with Gasteiger partial charge in [-0.1, -0.05) is 0 Å². The molecule has 4 nitrogen and oxygen atoms in total. The molecule has 1 aromatic rings. The van der Waals surface area contributed by atoms with Crippen LogP contribution in [0.3, 0.4) is 0 Å². The van der Waals surface area contributed by atoms with Gasteiger partial charge in [-0.2, -0.15) is 11.8 Å². The average molecular weight is 292 g/mol. The fourth-order valence-electron chi connectivity index (χ4n) is 1.37. The van der Waals surface area contributed by atoms with Crippen LogP contribution in [-0.4, -0.2) is 37.3 Å². The molecule has 0 fully saturated rings. The molecule has 0 radical (unpaired) electrons. The van der Waals surface area contributed by atoms with Crippen molar-refractivity contribution in [3.63, 3.8) is 0 Å². The monoisotopic (exact) mass is 292 g/mol. The van der Waals surface area contributed by atoms with E-state index in [1.54, 1.807) is 0 Å². The largest absolute Gasteiger partial charge is 0.478 e. The predicted molar refractivity (Wildman–Crippen MR) is 68.4 cm³/mol. The summed E-state index contributed by atoms with van der Waals surface area (Å²) < 4.78 is 36.9. The van der Waals surface area contributed by atoms with Gasteiger partial charge in [0.15, 0.2) is 9.84 Å². The number of rotatable bonds is 6. The van der Waals surface area contributed by atoms with Gasteiger partial charge < -0.3 is 5.11 Å². The molecule has 1 N–H and O–H groups in total. The molecular weight excluding hydrogens is 279 g/mol. The lowest BCUT2D eigenvalue weighted by molar-refractivity contribution is 0.0691. The summed E-state index contributed by atoms with van der Waals surface area (Å²) in [6.45, 7) is 0. The normalized spacial score (nSPS) is 11.4. The molecule has 1 rings (SSSR count). The summed E-state index contributed by atoms with van der Waals surface area (Å²) in [6, 6.07) is 2.83. The Morgan fingerprint density at radius 1 is 1.44 bits per heavy atom. The average Bonchev–Trinajstić information content (AvgIpc) is 2.29. The second kappa shape index (κ2) is 6.19. The van der Waals surface area contributed by atoms with E-state index in [0.717, 1.165) is 18.2 Å². The Bertz CT molecular complexity index is 540. The number of carboxylic acid groups (broad SMARTS) is 1. The summed E-state index contributed by atoms with van der Waals surface area (Å²) in [5, 5.41) is 8.73. The molecule has 18 heavy (non-hydrogen) atoms. The Kier molecular flexibility index (Phi) is 5.15. The number of aromatic carboxylic acids is 1. The number of carboxylic acids is 1. The Labute approximate surface area is 109 Å². The van der Waals surface area contributed by atoms with Crippen LogP contribution in [-0.2, 0) is 9.84 Å². The highest BCUT2D eigenvalue weighted by molar-refractivity contribution is 7.98. The summed E-state index contributed by atoms with van der Waals surface area (Å²) in [6.07, 6.45) is 2.34. The van der Waals surface area contributed by atoms with E-state index in [1.807, 2.05) is 6.26 Å². The lowest BCUT2D eigenvalue weighted by atomic mass is 10.2. The van der Waals surface area contributed by atoms with Crippen LogP contribution in [0.15, 0.2) is 23.1 Å². The third-order valence-corrected chi connectivity index (χ3v) is 4.78. The standard InChI is InChI=1S/C11H13FO4S2/c1-17-5-2-6-18(15,16)8-3-4-10(12)9(7-8)11(13)14/h3-4,7H,2,5-6H2,1H3,(H,13,14). The Hall–Kier alpha value is -1.08. The number of thioether (sulfide) groups is 1. The molecule has 0 atom stereocenters. The van der Waals surface area contributed by atoms with Crippen molar-refractivity contribution in [2.24, 2.45) is 0 Å². The van der Waals surface area contributed by atoms with Crippen molar-refractivity contribution in [3.8, 4) is 0 Å². The quantitative estimate of drug-likeness (QED) is 0.642. The molecule has 0 saturated heterocycles. The molecule has 100 valence electrons. The van der Waals surface area contributed by atoms with Gasteiger partial charge in [0.2, 0.25) is 0 Å². The summed E-state index contributed by atoms with van der Waals surface area (Å²) in [4.78, 5) is 10.6. The zero-order valence-electron chi connectivity index (χ0n) is 9.72. The first kappa shape index (κ1) is 15.0. The fourth-order valence-corrected chi connectivity index (χ4v) is 3.32. The minimum atomic E-state index is -3.55. The van der Waals surface area contributed by atoms with Crippen LogP contribution >= 0.6 is 11.8 Å². The van der Waals surface area contributed by atoms with Crippen LogP contribution in [0.2, 0.25) is 0 Å². The van der Waals surface area contributed by atoms with Gasteiger partial charge >= 0.3 is 5.97 Å². The number of halogens is 1. The third kappa shape index (κ3) is 3.71. The molecular formula is C11H13FO4S2. The zero-order chi connectivity index (χ0) is 13.8. The maximum Gasteiger partial charge on any atom is 0.338 e. The van der Waals surface area contributed by atoms with Crippen LogP contribution in [0.25, 0.3) is 0 Å². The lowest BCUT2D eigenvalue weighted by Crippen LogP contribution is -2.10. The first-order chi connectivity index (χ1) is 8.38. The number of benzene rings is 1. The van der Waals surface area contributed by atoms with Gasteiger partial charge in [0.25, 0.3) is 0 Å². The highest BCUT2D eigenvalue weighted by atomic mass is 32.2. The minimum absolute atomic E-state index is 0.0709. The van der Waals surface area contributed by atoms with Crippen molar-refractivity contribution in [1.82, 2.24) is 0 Å². The maximum absolute atomic E-state index is 13.1. The maximum atomic E-state index is 13.1. The van der Waals surface area contributed by atoms with E-state index in [4.69, 9.17) is 5.11 Å². The van der Waals surface area contributed by atoms with Crippen LogP contribution < -0.4 is 0 Å². The molecule has 1 aromatic carbocycles. The van der Waals surface area contributed by atoms with Crippen molar-refractivity contribution in [1.29, 1.82) is 0 Å². The smallest absolute Gasteiger partial charge is 0.338 e. The van der Waals surface area contributed by atoms with Crippen molar-refractivity contribution < 1.29 is 22.7 Å². The van der Waals surface area contributed by atoms with E-state index < -0.39 is 27.2 Å². The Morgan fingerprint density at radius 2 is 2.11 bits per heavy atom. The highest BCUT2D eigenvalue weighted by Gasteiger charge is 2.18. The van der Waals surface area contributed by atoms with E-state index in [9.17, 15) is 17.6 Å². The van der Waals surface area contributed by atoms with Gasteiger partial charge in [0.1, 0.15) is 5.82 Å². The molecule has 0 aliphatic carbocycles. The van der Waals surface area contributed by atoms with Gasteiger partial charge in [-0.15, -0.1) is 0 Å². The highest BCUT2D eigenvalue weighted by Crippen LogP contribution is 2.17. The first-order valence-electron chi connectivity index (χ1n) is 5.13. The topological polar surface area (TPSA) is 71.4 Å². The first-order valence-corrected chi connectivity index (χ1v) is 8.17. The molecule has 0 aromatic heterocycles. The van der Waals surface area contributed by atoms with Crippen LogP contribution in [0.4, 0.5) is 4.39 Å². The van der Waals surface area contributed by atoms with Crippen molar-refractivity contribution >= 4 is 27.6 Å². The Morgan fingerprint density at radius 3 is 2.67 bits per heavy atom. The van der Waals surface area contributed by atoms with Gasteiger partial charge in [-0.05, 0) is 36.6 Å².